The number of nitrogens with two attached hydrogens (primary N) is 1. The average molecular weight is 239 g/mol. The zero-order chi connectivity index (χ0) is 12.2. The van der Waals surface area contributed by atoms with Crippen LogP contribution in [0.5, 0.6) is 0 Å². The molecule has 1 atom stereocenters. The van der Waals surface area contributed by atoms with Gasteiger partial charge in [0.2, 0.25) is 0 Å². The number of ether oxygens (including phenoxy) is 1. The molecule has 0 saturated heterocycles. The maximum atomic E-state index is 12.4. The molecule has 1 rings (SSSR count). The highest BCUT2D eigenvalue weighted by molar-refractivity contribution is 4.73. The first-order chi connectivity index (χ1) is 7.43. The van der Waals surface area contributed by atoms with Gasteiger partial charge in [0.25, 0.3) is 0 Å². The fraction of sp³-hybridized carbons (Fsp3) is 1.00. The SMILES string of the molecule is CC1CCC(OCC(CN)C(F)(F)F)CC1. The third-order valence-electron chi connectivity index (χ3n) is 3.24. The highest BCUT2D eigenvalue weighted by Crippen LogP contribution is 2.29. The van der Waals surface area contributed by atoms with Gasteiger partial charge in [0.1, 0.15) is 0 Å². The maximum absolute atomic E-state index is 12.4. The molecule has 0 aromatic rings. The van der Waals surface area contributed by atoms with Gasteiger partial charge in [-0.3, -0.25) is 0 Å². The van der Waals surface area contributed by atoms with Crippen molar-refractivity contribution in [2.45, 2.75) is 44.9 Å². The fourth-order valence-corrected chi connectivity index (χ4v) is 1.94. The highest BCUT2D eigenvalue weighted by atomic mass is 19.4. The molecular formula is C11H20F3NO. The summed E-state index contributed by atoms with van der Waals surface area (Å²) in [6.07, 6.45) is -0.412. The lowest BCUT2D eigenvalue weighted by Gasteiger charge is -2.28. The molecule has 0 amide bonds. The zero-order valence-corrected chi connectivity index (χ0v) is 9.59. The summed E-state index contributed by atoms with van der Waals surface area (Å²) < 4.78 is 42.4. The summed E-state index contributed by atoms with van der Waals surface area (Å²) in [5.74, 6) is -0.848. The molecule has 96 valence electrons. The van der Waals surface area contributed by atoms with Gasteiger partial charge in [-0.05, 0) is 31.6 Å². The normalized spacial score (nSPS) is 29.1. The van der Waals surface area contributed by atoms with E-state index in [4.69, 9.17) is 10.5 Å². The molecule has 0 aromatic carbocycles. The van der Waals surface area contributed by atoms with Crippen molar-refractivity contribution in [1.82, 2.24) is 0 Å². The van der Waals surface area contributed by atoms with Gasteiger partial charge < -0.3 is 10.5 Å². The standard InChI is InChI=1S/C11H20F3NO/c1-8-2-4-10(5-3-8)16-7-9(6-15)11(12,13)14/h8-10H,2-7,15H2,1H3. The molecule has 0 heterocycles. The van der Waals surface area contributed by atoms with Gasteiger partial charge in [0.05, 0.1) is 18.6 Å². The van der Waals surface area contributed by atoms with Crippen molar-refractivity contribution >= 4 is 0 Å². The Morgan fingerprint density at radius 3 is 2.25 bits per heavy atom. The fourth-order valence-electron chi connectivity index (χ4n) is 1.94. The molecule has 1 fully saturated rings. The van der Waals surface area contributed by atoms with Crippen LogP contribution in [0.3, 0.4) is 0 Å². The van der Waals surface area contributed by atoms with E-state index in [2.05, 4.69) is 6.92 Å². The summed E-state index contributed by atoms with van der Waals surface area (Å²) >= 11 is 0. The molecule has 2 N–H and O–H groups in total. The lowest BCUT2D eigenvalue weighted by Crippen LogP contribution is -2.36. The summed E-state index contributed by atoms with van der Waals surface area (Å²) in [5, 5.41) is 0. The Balaban J connectivity index is 2.28. The van der Waals surface area contributed by atoms with E-state index in [0.29, 0.717) is 5.92 Å². The number of halogens is 3. The van der Waals surface area contributed by atoms with Crippen molar-refractivity contribution in [3.63, 3.8) is 0 Å². The van der Waals surface area contributed by atoms with Crippen LogP contribution in [0.25, 0.3) is 0 Å². The molecule has 16 heavy (non-hydrogen) atoms. The average Bonchev–Trinajstić information content (AvgIpc) is 2.19. The zero-order valence-electron chi connectivity index (χ0n) is 9.59. The monoisotopic (exact) mass is 239 g/mol. The third kappa shape index (κ3) is 4.29. The summed E-state index contributed by atoms with van der Waals surface area (Å²) in [4.78, 5) is 0. The Labute approximate surface area is 94.3 Å². The number of alkyl halides is 3. The molecule has 0 aliphatic heterocycles. The first kappa shape index (κ1) is 13.8. The Bertz CT molecular complexity index is 200. The number of hydrogen-bond donors (Lipinski definition) is 1. The van der Waals surface area contributed by atoms with Crippen molar-refractivity contribution < 1.29 is 17.9 Å². The second kappa shape index (κ2) is 5.87. The molecule has 5 heteroatoms. The van der Waals surface area contributed by atoms with Crippen LogP contribution in [-0.2, 0) is 4.74 Å². The van der Waals surface area contributed by atoms with E-state index in [-0.39, 0.29) is 12.7 Å². The summed E-state index contributed by atoms with van der Waals surface area (Å²) in [6.45, 7) is 1.47. The minimum absolute atomic E-state index is 0.00685. The molecule has 1 aliphatic rings. The van der Waals surface area contributed by atoms with Crippen LogP contribution in [0.15, 0.2) is 0 Å². The van der Waals surface area contributed by atoms with Gasteiger partial charge in [-0.2, -0.15) is 13.2 Å². The van der Waals surface area contributed by atoms with E-state index < -0.39 is 18.6 Å². The van der Waals surface area contributed by atoms with Gasteiger partial charge in [-0.15, -0.1) is 0 Å². The summed E-state index contributed by atoms with van der Waals surface area (Å²) in [7, 11) is 0. The van der Waals surface area contributed by atoms with E-state index in [0.717, 1.165) is 25.7 Å². The van der Waals surface area contributed by atoms with Crippen LogP contribution in [0, 0.1) is 11.8 Å². The minimum Gasteiger partial charge on any atom is -0.378 e. The molecule has 2 nitrogen and oxygen atoms in total. The third-order valence-corrected chi connectivity index (χ3v) is 3.24. The minimum atomic E-state index is -4.24. The van der Waals surface area contributed by atoms with Gasteiger partial charge in [0, 0.05) is 6.54 Å². The lowest BCUT2D eigenvalue weighted by atomic mass is 9.89. The maximum Gasteiger partial charge on any atom is 0.395 e. The molecule has 0 aromatic heterocycles. The first-order valence-corrected chi connectivity index (χ1v) is 5.82. The Kier molecular flexibility index (Phi) is 5.05. The van der Waals surface area contributed by atoms with Gasteiger partial charge in [-0.25, -0.2) is 0 Å². The van der Waals surface area contributed by atoms with Crippen LogP contribution in [0.4, 0.5) is 13.2 Å². The molecule has 0 spiro atoms. The predicted octanol–water partition coefficient (Wildman–Crippen LogP) is 2.72. The molecule has 1 aliphatic carbocycles. The Hall–Kier alpha value is -0.290. The van der Waals surface area contributed by atoms with E-state index in [9.17, 15) is 13.2 Å². The van der Waals surface area contributed by atoms with Gasteiger partial charge >= 0.3 is 6.18 Å². The number of hydrogen-bond acceptors (Lipinski definition) is 2. The van der Waals surface area contributed by atoms with E-state index in [1.807, 2.05) is 0 Å². The van der Waals surface area contributed by atoms with Crippen molar-refractivity contribution in [3.05, 3.63) is 0 Å². The van der Waals surface area contributed by atoms with Crippen LogP contribution in [-0.4, -0.2) is 25.4 Å². The smallest absolute Gasteiger partial charge is 0.378 e. The van der Waals surface area contributed by atoms with E-state index in [1.165, 1.54) is 0 Å². The van der Waals surface area contributed by atoms with Gasteiger partial charge in [0.15, 0.2) is 0 Å². The molecule has 0 bridgehead atoms. The quantitative estimate of drug-likeness (QED) is 0.818. The van der Waals surface area contributed by atoms with Crippen LogP contribution in [0.2, 0.25) is 0 Å². The largest absolute Gasteiger partial charge is 0.395 e. The number of rotatable bonds is 4. The first-order valence-electron chi connectivity index (χ1n) is 5.82. The van der Waals surface area contributed by atoms with Crippen LogP contribution < -0.4 is 5.73 Å². The van der Waals surface area contributed by atoms with Crippen LogP contribution in [0.1, 0.15) is 32.6 Å². The van der Waals surface area contributed by atoms with Crippen LogP contribution >= 0.6 is 0 Å². The second-order valence-corrected chi connectivity index (χ2v) is 4.69. The topological polar surface area (TPSA) is 35.2 Å². The second-order valence-electron chi connectivity index (χ2n) is 4.69. The molecule has 0 radical (unpaired) electrons. The van der Waals surface area contributed by atoms with Crippen molar-refractivity contribution in [3.8, 4) is 0 Å². The highest BCUT2D eigenvalue weighted by Gasteiger charge is 2.39. The predicted molar refractivity (Wildman–Crippen MR) is 56.0 cm³/mol. The Morgan fingerprint density at radius 2 is 1.81 bits per heavy atom. The van der Waals surface area contributed by atoms with E-state index in [1.54, 1.807) is 0 Å². The van der Waals surface area contributed by atoms with E-state index >= 15 is 0 Å². The molecule has 1 unspecified atom stereocenters. The molecule has 1 saturated carbocycles. The summed E-state index contributed by atoms with van der Waals surface area (Å²) in [5.41, 5.74) is 5.10. The van der Waals surface area contributed by atoms with Crippen molar-refractivity contribution in [2.24, 2.45) is 17.6 Å². The van der Waals surface area contributed by atoms with Crippen molar-refractivity contribution in [1.29, 1.82) is 0 Å². The lowest BCUT2D eigenvalue weighted by molar-refractivity contribution is -0.190. The summed E-state index contributed by atoms with van der Waals surface area (Å²) in [6, 6.07) is 0. The Morgan fingerprint density at radius 1 is 1.25 bits per heavy atom. The van der Waals surface area contributed by atoms with Crippen molar-refractivity contribution in [2.75, 3.05) is 13.2 Å². The molecular weight excluding hydrogens is 219 g/mol. The van der Waals surface area contributed by atoms with Gasteiger partial charge in [-0.1, -0.05) is 6.92 Å².